The van der Waals surface area contributed by atoms with Gasteiger partial charge in [-0.15, -0.1) is 0 Å². The molecule has 20 heavy (non-hydrogen) atoms. The van der Waals surface area contributed by atoms with E-state index in [0.717, 1.165) is 52.0 Å². The number of methoxy groups -OCH3 is 2. The van der Waals surface area contributed by atoms with Crippen molar-refractivity contribution in [3.8, 4) is 0 Å². The van der Waals surface area contributed by atoms with Crippen LogP contribution < -0.4 is 10.6 Å². The number of nitrogens with one attached hydrogen (secondary N) is 2. The van der Waals surface area contributed by atoms with Gasteiger partial charge in [-0.25, -0.2) is 0 Å². The van der Waals surface area contributed by atoms with Crippen LogP contribution in [0.5, 0.6) is 0 Å². The standard InChI is InChI=1S/C14H29N3O3/c1-17(10-4-12-19-2)11-9-16-13(18)14(20-3)5-7-15-8-6-14/h15H,4-12H2,1-3H3,(H,16,18). The molecule has 0 saturated carbocycles. The van der Waals surface area contributed by atoms with Crippen molar-refractivity contribution < 1.29 is 14.3 Å². The lowest BCUT2D eigenvalue weighted by Gasteiger charge is -2.35. The van der Waals surface area contributed by atoms with Crippen LogP contribution in [0.25, 0.3) is 0 Å². The van der Waals surface area contributed by atoms with Gasteiger partial charge in [0.05, 0.1) is 0 Å². The largest absolute Gasteiger partial charge is 0.385 e. The van der Waals surface area contributed by atoms with Crippen LogP contribution in [0.3, 0.4) is 0 Å². The van der Waals surface area contributed by atoms with Gasteiger partial charge < -0.3 is 25.0 Å². The molecule has 1 aliphatic heterocycles. The van der Waals surface area contributed by atoms with Gasteiger partial charge in [-0.05, 0) is 39.4 Å². The highest BCUT2D eigenvalue weighted by Gasteiger charge is 2.39. The van der Waals surface area contributed by atoms with Crippen LogP contribution in [0.1, 0.15) is 19.3 Å². The Kier molecular flexibility index (Phi) is 8.06. The second-order valence-electron chi connectivity index (χ2n) is 5.35. The van der Waals surface area contributed by atoms with Crippen LogP contribution in [-0.4, -0.2) is 77.0 Å². The molecule has 1 heterocycles. The van der Waals surface area contributed by atoms with E-state index < -0.39 is 5.60 Å². The molecular weight excluding hydrogens is 258 g/mol. The Hall–Kier alpha value is -0.690. The van der Waals surface area contributed by atoms with E-state index >= 15 is 0 Å². The van der Waals surface area contributed by atoms with Crippen molar-refractivity contribution in [2.24, 2.45) is 0 Å². The molecule has 0 aliphatic carbocycles. The van der Waals surface area contributed by atoms with Crippen LogP contribution in [0, 0.1) is 0 Å². The zero-order valence-corrected chi connectivity index (χ0v) is 13.0. The molecule has 0 unspecified atom stereocenters. The van der Waals surface area contributed by atoms with Crippen molar-refractivity contribution in [2.75, 3.05) is 60.6 Å². The maximum Gasteiger partial charge on any atom is 0.252 e. The summed E-state index contributed by atoms with van der Waals surface area (Å²) in [5.41, 5.74) is -0.639. The number of carbonyl (C=O) groups excluding carboxylic acids is 1. The summed E-state index contributed by atoms with van der Waals surface area (Å²) in [6, 6.07) is 0. The Balaban J connectivity index is 2.24. The third kappa shape index (κ3) is 5.36. The van der Waals surface area contributed by atoms with E-state index in [9.17, 15) is 4.79 Å². The number of carbonyl (C=O) groups is 1. The van der Waals surface area contributed by atoms with Gasteiger partial charge in [-0.3, -0.25) is 4.79 Å². The third-order valence-electron chi connectivity index (χ3n) is 3.88. The minimum atomic E-state index is -0.639. The molecule has 1 amide bonds. The van der Waals surface area contributed by atoms with E-state index in [1.807, 2.05) is 0 Å². The topological polar surface area (TPSA) is 62.8 Å². The fourth-order valence-electron chi connectivity index (χ4n) is 2.47. The van der Waals surface area contributed by atoms with Crippen molar-refractivity contribution in [2.45, 2.75) is 24.9 Å². The van der Waals surface area contributed by atoms with Crippen LogP contribution in [-0.2, 0) is 14.3 Å². The van der Waals surface area contributed by atoms with Gasteiger partial charge in [-0.1, -0.05) is 0 Å². The minimum Gasteiger partial charge on any atom is -0.385 e. The van der Waals surface area contributed by atoms with Crippen molar-refractivity contribution in [1.82, 2.24) is 15.5 Å². The van der Waals surface area contributed by atoms with E-state index in [1.54, 1.807) is 14.2 Å². The highest BCUT2D eigenvalue weighted by Crippen LogP contribution is 2.22. The molecule has 0 radical (unpaired) electrons. The van der Waals surface area contributed by atoms with Crippen molar-refractivity contribution in [3.05, 3.63) is 0 Å². The quantitative estimate of drug-likeness (QED) is 0.577. The molecule has 0 atom stereocenters. The molecule has 118 valence electrons. The molecule has 0 bridgehead atoms. The van der Waals surface area contributed by atoms with Crippen LogP contribution in [0.15, 0.2) is 0 Å². The summed E-state index contributed by atoms with van der Waals surface area (Å²) in [6.07, 6.45) is 2.48. The molecule has 0 spiro atoms. The molecular formula is C14H29N3O3. The van der Waals surface area contributed by atoms with Gasteiger partial charge in [0.15, 0.2) is 0 Å². The first-order valence-corrected chi connectivity index (χ1v) is 7.36. The summed E-state index contributed by atoms with van der Waals surface area (Å²) in [5, 5.41) is 6.25. The molecule has 0 aromatic rings. The van der Waals surface area contributed by atoms with Gasteiger partial charge >= 0.3 is 0 Å². The number of nitrogens with zero attached hydrogens (tertiary/aromatic N) is 1. The average Bonchev–Trinajstić information content (AvgIpc) is 2.48. The van der Waals surface area contributed by atoms with E-state index in [1.165, 1.54) is 0 Å². The summed E-state index contributed by atoms with van der Waals surface area (Å²) >= 11 is 0. The van der Waals surface area contributed by atoms with E-state index in [0.29, 0.717) is 6.54 Å². The fourth-order valence-corrected chi connectivity index (χ4v) is 2.47. The molecule has 1 fully saturated rings. The molecule has 6 heteroatoms. The molecule has 1 saturated heterocycles. The first-order valence-electron chi connectivity index (χ1n) is 7.36. The fraction of sp³-hybridized carbons (Fsp3) is 0.929. The van der Waals surface area contributed by atoms with Crippen LogP contribution in [0.2, 0.25) is 0 Å². The van der Waals surface area contributed by atoms with Gasteiger partial charge in [0.1, 0.15) is 5.60 Å². The smallest absolute Gasteiger partial charge is 0.252 e. The SMILES string of the molecule is COCCCN(C)CCNC(=O)C1(OC)CCNCC1. The monoisotopic (exact) mass is 287 g/mol. The van der Waals surface area contributed by atoms with Crippen LogP contribution >= 0.6 is 0 Å². The van der Waals surface area contributed by atoms with Gasteiger partial charge in [-0.2, -0.15) is 0 Å². The Morgan fingerprint density at radius 1 is 1.30 bits per heavy atom. The maximum atomic E-state index is 12.3. The summed E-state index contributed by atoms with van der Waals surface area (Å²) in [5.74, 6) is 0.0202. The average molecular weight is 287 g/mol. The number of hydrogen-bond acceptors (Lipinski definition) is 5. The lowest BCUT2D eigenvalue weighted by Crippen LogP contribution is -2.54. The van der Waals surface area contributed by atoms with E-state index in [2.05, 4.69) is 22.6 Å². The lowest BCUT2D eigenvalue weighted by molar-refractivity contribution is -0.146. The Bertz CT molecular complexity index is 281. The first-order chi connectivity index (χ1) is 9.64. The zero-order valence-electron chi connectivity index (χ0n) is 13.0. The Morgan fingerprint density at radius 2 is 2.00 bits per heavy atom. The number of rotatable bonds is 9. The van der Waals surface area contributed by atoms with E-state index in [4.69, 9.17) is 9.47 Å². The molecule has 2 N–H and O–H groups in total. The Morgan fingerprint density at radius 3 is 2.60 bits per heavy atom. The molecule has 6 nitrogen and oxygen atoms in total. The second-order valence-corrected chi connectivity index (χ2v) is 5.35. The summed E-state index contributed by atoms with van der Waals surface area (Å²) in [4.78, 5) is 14.5. The van der Waals surface area contributed by atoms with Gasteiger partial charge in [0, 0.05) is 40.5 Å². The number of amides is 1. The summed E-state index contributed by atoms with van der Waals surface area (Å²) < 4.78 is 10.5. The van der Waals surface area contributed by atoms with E-state index in [-0.39, 0.29) is 5.91 Å². The highest BCUT2D eigenvalue weighted by atomic mass is 16.5. The van der Waals surface area contributed by atoms with Crippen molar-refractivity contribution in [3.63, 3.8) is 0 Å². The first kappa shape index (κ1) is 17.4. The minimum absolute atomic E-state index is 0.0202. The highest BCUT2D eigenvalue weighted by molar-refractivity contribution is 5.85. The van der Waals surface area contributed by atoms with Crippen molar-refractivity contribution in [1.29, 1.82) is 0 Å². The third-order valence-corrected chi connectivity index (χ3v) is 3.88. The maximum absolute atomic E-state index is 12.3. The number of likely N-dealkylation sites (N-methyl/N-ethyl adjacent to an activating group) is 1. The number of ether oxygens (including phenoxy) is 2. The predicted octanol–water partition coefficient (Wildman–Crippen LogP) is -0.160. The molecule has 0 aromatic carbocycles. The molecule has 1 aliphatic rings. The zero-order chi connectivity index (χ0) is 14.8. The Labute approximate surface area is 122 Å². The van der Waals surface area contributed by atoms with Crippen LogP contribution in [0.4, 0.5) is 0 Å². The van der Waals surface area contributed by atoms with Gasteiger partial charge in [0.25, 0.3) is 5.91 Å². The van der Waals surface area contributed by atoms with Gasteiger partial charge in [0.2, 0.25) is 0 Å². The number of piperidine rings is 1. The predicted molar refractivity (Wildman–Crippen MR) is 78.8 cm³/mol. The normalized spacial score (nSPS) is 18.2. The lowest BCUT2D eigenvalue weighted by atomic mass is 9.91. The number of hydrogen-bond donors (Lipinski definition) is 2. The summed E-state index contributed by atoms with van der Waals surface area (Å²) in [7, 11) is 5.39. The second kappa shape index (κ2) is 9.28. The molecule has 1 rings (SSSR count). The summed E-state index contributed by atoms with van der Waals surface area (Å²) in [6.45, 7) is 4.91. The van der Waals surface area contributed by atoms with Crippen molar-refractivity contribution >= 4 is 5.91 Å². The molecule has 0 aromatic heterocycles.